The molecule has 0 aromatic heterocycles. The van der Waals surface area contributed by atoms with Crippen molar-refractivity contribution in [1.82, 2.24) is 9.62 Å². The molecule has 0 atom stereocenters. The van der Waals surface area contributed by atoms with Crippen molar-refractivity contribution in [3.05, 3.63) is 11.9 Å². The molecule has 110 valence electrons. The smallest absolute Gasteiger partial charge is 0.106 e. The van der Waals surface area contributed by atoms with E-state index in [4.69, 9.17) is 9.53 Å². The maximum Gasteiger partial charge on any atom is 0.106 e. The molecule has 0 aromatic carbocycles. The number of nitrogens with zero attached hydrogens (tertiary/aromatic N) is 1. The number of thiol groups is 1. The van der Waals surface area contributed by atoms with E-state index in [0.717, 1.165) is 26.0 Å². The normalized spacial score (nSPS) is 9.56. The van der Waals surface area contributed by atoms with Crippen molar-refractivity contribution in [2.45, 2.75) is 40.0 Å². The third-order valence-corrected chi connectivity index (χ3v) is 2.06. The summed E-state index contributed by atoms with van der Waals surface area (Å²) in [5, 5.41) is 3.11. The van der Waals surface area contributed by atoms with Gasteiger partial charge < -0.3 is 19.2 Å². The van der Waals surface area contributed by atoms with E-state index in [-0.39, 0.29) is 0 Å². The Balaban J connectivity index is -0.000000389. The molecule has 1 N–H and O–H groups in total. The second kappa shape index (κ2) is 21.6. The van der Waals surface area contributed by atoms with Gasteiger partial charge in [0.2, 0.25) is 0 Å². The fourth-order valence-electron chi connectivity index (χ4n) is 0.948. The molecule has 4 nitrogen and oxygen atoms in total. The standard InChI is InChI=1S/C9H20N2OS.C3H8.CH2O/c1-4-9(10-2)8-11(13)6-5-7-12-3;1-3-2;1-2/h8,10,13H,4-7H2,1-3H3;3H2,1-2H3;1H2/b9-8-;;. The van der Waals surface area contributed by atoms with E-state index >= 15 is 0 Å². The molecular weight excluding hydrogens is 248 g/mol. The molecular formula is C13H30N2O2S. The van der Waals surface area contributed by atoms with E-state index in [1.165, 1.54) is 12.1 Å². The van der Waals surface area contributed by atoms with Crippen LogP contribution in [0.3, 0.4) is 0 Å². The summed E-state index contributed by atoms with van der Waals surface area (Å²) in [7, 11) is 3.63. The number of carbonyl (C=O) groups is 1. The van der Waals surface area contributed by atoms with Crippen LogP contribution in [-0.2, 0) is 9.53 Å². The Labute approximate surface area is 118 Å². The average Bonchev–Trinajstić information content (AvgIpc) is 2.39. The van der Waals surface area contributed by atoms with Gasteiger partial charge in [-0.05, 0) is 12.8 Å². The minimum Gasteiger partial charge on any atom is -0.390 e. The SMILES string of the molecule is C=O.CC/C(=C/N(S)CCCOC)NC.CCC. The van der Waals surface area contributed by atoms with Gasteiger partial charge in [0, 0.05) is 39.2 Å². The van der Waals surface area contributed by atoms with E-state index < -0.39 is 0 Å². The molecule has 0 amide bonds. The summed E-state index contributed by atoms with van der Waals surface area (Å²) in [6, 6.07) is 0. The number of nitrogens with one attached hydrogen (secondary N) is 1. The van der Waals surface area contributed by atoms with Gasteiger partial charge in [-0.15, -0.1) is 0 Å². The monoisotopic (exact) mass is 278 g/mol. The summed E-state index contributed by atoms with van der Waals surface area (Å²) in [6.07, 6.45) is 5.26. The Hall–Kier alpha value is -0.680. The predicted octanol–water partition coefficient (Wildman–Crippen LogP) is 2.87. The first kappa shape index (κ1) is 22.5. The highest BCUT2D eigenvalue weighted by Gasteiger charge is 1.95. The summed E-state index contributed by atoms with van der Waals surface area (Å²) < 4.78 is 6.84. The van der Waals surface area contributed by atoms with E-state index in [2.05, 4.69) is 38.9 Å². The van der Waals surface area contributed by atoms with Gasteiger partial charge in [0.1, 0.15) is 6.79 Å². The van der Waals surface area contributed by atoms with E-state index in [1.54, 1.807) is 7.11 Å². The molecule has 18 heavy (non-hydrogen) atoms. The molecule has 0 unspecified atom stereocenters. The number of ether oxygens (including phenoxy) is 1. The number of methoxy groups -OCH3 is 1. The third-order valence-electron chi connectivity index (χ3n) is 1.74. The molecule has 0 aromatic rings. The summed E-state index contributed by atoms with van der Waals surface area (Å²) >= 11 is 4.31. The van der Waals surface area contributed by atoms with Crippen LogP contribution in [0, 0.1) is 0 Å². The first-order chi connectivity index (χ1) is 8.65. The van der Waals surface area contributed by atoms with E-state index in [0.29, 0.717) is 0 Å². The second-order valence-electron chi connectivity index (χ2n) is 3.47. The number of rotatable bonds is 7. The average molecular weight is 278 g/mol. The Morgan fingerprint density at radius 2 is 1.89 bits per heavy atom. The minimum atomic E-state index is 0.784. The maximum atomic E-state index is 8.00. The predicted molar refractivity (Wildman–Crippen MR) is 82.7 cm³/mol. The summed E-state index contributed by atoms with van der Waals surface area (Å²) in [4.78, 5) is 8.00. The molecule has 0 rings (SSSR count). The maximum absolute atomic E-state index is 8.00. The molecule has 0 aliphatic heterocycles. The zero-order valence-corrected chi connectivity index (χ0v) is 13.4. The van der Waals surface area contributed by atoms with Crippen molar-refractivity contribution in [3.8, 4) is 0 Å². The highest BCUT2D eigenvalue weighted by molar-refractivity contribution is 7.77. The third kappa shape index (κ3) is 20.7. The number of allylic oxidation sites excluding steroid dienone is 1. The molecule has 0 aliphatic carbocycles. The van der Waals surface area contributed by atoms with Crippen LogP contribution in [0.15, 0.2) is 11.9 Å². The Bertz CT molecular complexity index is 172. The first-order valence-corrected chi connectivity index (χ1v) is 6.67. The molecule has 0 fully saturated rings. The molecule has 0 bridgehead atoms. The Morgan fingerprint density at radius 1 is 1.39 bits per heavy atom. The van der Waals surface area contributed by atoms with Crippen LogP contribution in [0.1, 0.15) is 40.0 Å². The lowest BCUT2D eigenvalue weighted by Gasteiger charge is -2.14. The molecule has 5 heteroatoms. The Morgan fingerprint density at radius 3 is 2.22 bits per heavy atom. The molecule has 0 saturated carbocycles. The van der Waals surface area contributed by atoms with Crippen molar-refractivity contribution >= 4 is 19.6 Å². The topological polar surface area (TPSA) is 41.6 Å². The van der Waals surface area contributed by atoms with Gasteiger partial charge in [-0.1, -0.05) is 40.0 Å². The van der Waals surface area contributed by atoms with Crippen LogP contribution < -0.4 is 5.32 Å². The van der Waals surface area contributed by atoms with Crippen molar-refractivity contribution < 1.29 is 9.53 Å². The van der Waals surface area contributed by atoms with Crippen molar-refractivity contribution in [2.75, 3.05) is 27.3 Å². The van der Waals surface area contributed by atoms with Crippen LogP contribution in [-0.4, -0.2) is 38.4 Å². The van der Waals surface area contributed by atoms with Gasteiger partial charge >= 0.3 is 0 Å². The highest BCUT2D eigenvalue weighted by atomic mass is 32.1. The van der Waals surface area contributed by atoms with Gasteiger partial charge in [-0.3, -0.25) is 0 Å². The fraction of sp³-hybridized carbons (Fsp3) is 0.769. The van der Waals surface area contributed by atoms with Crippen LogP contribution in [0.4, 0.5) is 0 Å². The van der Waals surface area contributed by atoms with Crippen LogP contribution in [0.5, 0.6) is 0 Å². The zero-order chi connectivity index (χ0) is 14.8. The van der Waals surface area contributed by atoms with Gasteiger partial charge in [0.25, 0.3) is 0 Å². The summed E-state index contributed by atoms with van der Waals surface area (Å²) in [6.45, 7) is 10.0. The lowest BCUT2D eigenvalue weighted by molar-refractivity contribution is -0.0979. The quantitative estimate of drug-likeness (QED) is 0.555. The van der Waals surface area contributed by atoms with E-state index in [1.807, 2.05) is 24.3 Å². The first-order valence-electron chi connectivity index (χ1n) is 6.27. The molecule has 0 radical (unpaired) electrons. The van der Waals surface area contributed by atoms with Gasteiger partial charge in [0.15, 0.2) is 0 Å². The zero-order valence-electron chi connectivity index (χ0n) is 12.5. The molecule has 0 heterocycles. The van der Waals surface area contributed by atoms with Gasteiger partial charge in [-0.2, -0.15) is 0 Å². The lowest BCUT2D eigenvalue weighted by atomic mass is 10.3. The van der Waals surface area contributed by atoms with Crippen LogP contribution >= 0.6 is 12.8 Å². The molecule has 0 spiro atoms. The van der Waals surface area contributed by atoms with Crippen LogP contribution in [0.25, 0.3) is 0 Å². The number of hydrogen-bond donors (Lipinski definition) is 2. The second-order valence-corrected chi connectivity index (χ2v) is 3.99. The molecule has 0 aliphatic rings. The van der Waals surface area contributed by atoms with Crippen molar-refractivity contribution in [3.63, 3.8) is 0 Å². The van der Waals surface area contributed by atoms with Gasteiger partial charge in [-0.25, -0.2) is 0 Å². The largest absolute Gasteiger partial charge is 0.390 e. The highest BCUT2D eigenvalue weighted by Crippen LogP contribution is 2.02. The summed E-state index contributed by atoms with van der Waals surface area (Å²) in [5.41, 5.74) is 1.19. The fourth-order valence-corrected chi connectivity index (χ4v) is 1.23. The van der Waals surface area contributed by atoms with Crippen molar-refractivity contribution in [2.24, 2.45) is 0 Å². The Kier molecular flexibility index (Phi) is 27.0. The minimum absolute atomic E-state index is 0.784. The lowest BCUT2D eigenvalue weighted by Crippen LogP contribution is -2.13. The molecule has 0 saturated heterocycles. The van der Waals surface area contributed by atoms with Crippen molar-refractivity contribution in [1.29, 1.82) is 0 Å². The van der Waals surface area contributed by atoms with Gasteiger partial charge in [0.05, 0.1) is 0 Å². The summed E-state index contributed by atoms with van der Waals surface area (Å²) in [5.74, 6) is 0. The number of carbonyl (C=O) groups excluding carboxylic acids is 1. The number of hydrogen-bond acceptors (Lipinski definition) is 5. The van der Waals surface area contributed by atoms with Crippen LogP contribution in [0.2, 0.25) is 0 Å². The van der Waals surface area contributed by atoms with E-state index in [9.17, 15) is 0 Å².